The molecule has 2 amide bonds. The number of aryl methyl sites for hydroxylation is 2. The van der Waals surface area contributed by atoms with Crippen LogP contribution in [0.1, 0.15) is 41.3 Å². The summed E-state index contributed by atoms with van der Waals surface area (Å²) in [5, 5.41) is 3.52. The van der Waals surface area contributed by atoms with Crippen molar-refractivity contribution in [2.75, 3.05) is 36.4 Å². The van der Waals surface area contributed by atoms with Gasteiger partial charge in [-0.2, -0.15) is 0 Å². The molecule has 0 aromatic heterocycles. The zero-order valence-corrected chi connectivity index (χ0v) is 18.1. The van der Waals surface area contributed by atoms with Gasteiger partial charge in [0.25, 0.3) is 5.91 Å². The summed E-state index contributed by atoms with van der Waals surface area (Å²) in [6, 6.07) is 11.4. The summed E-state index contributed by atoms with van der Waals surface area (Å²) in [4.78, 5) is 28.8. The first-order valence-corrected chi connectivity index (χ1v) is 10.5. The van der Waals surface area contributed by atoms with E-state index in [0.29, 0.717) is 35.8 Å². The number of hydrogen-bond acceptors (Lipinski definition) is 3. The first-order valence-electron chi connectivity index (χ1n) is 10.1. The molecule has 0 bridgehead atoms. The van der Waals surface area contributed by atoms with Crippen LogP contribution in [0.4, 0.5) is 11.4 Å². The van der Waals surface area contributed by atoms with Gasteiger partial charge in [-0.1, -0.05) is 36.2 Å². The van der Waals surface area contributed by atoms with Crippen molar-refractivity contribution < 1.29 is 9.59 Å². The van der Waals surface area contributed by atoms with Gasteiger partial charge in [-0.25, -0.2) is 0 Å². The number of carbonyl (C=O) groups is 2. The van der Waals surface area contributed by atoms with Gasteiger partial charge in [-0.15, -0.1) is 0 Å². The van der Waals surface area contributed by atoms with Gasteiger partial charge in [-0.3, -0.25) is 9.59 Å². The average Bonchev–Trinajstić information content (AvgIpc) is 2.68. The standard InChI is InChI=1S/C23H28ClN3O2/c1-4-5-22(28)27-12-10-26(11-13-27)21-9-7-18(15-20(21)24)25-23(29)19-8-6-16(2)14-17(19)3/h6-9,14-15H,4-5,10-13H2,1-3H3,(H,25,29). The molecule has 1 heterocycles. The third kappa shape index (κ3) is 5.10. The Morgan fingerprint density at radius 3 is 2.38 bits per heavy atom. The zero-order valence-electron chi connectivity index (χ0n) is 17.3. The van der Waals surface area contributed by atoms with Crippen molar-refractivity contribution in [2.24, 2.45) is 0 Å². The fourth-order valence-electron chi connectivity index (χ4n) is 3.68. The van der Waals surface area contributed by atoms with Crippen molar-refractivity contribution in [3.05, 3.63) is 58.1 Å². The van der Waals surface area contributed by atoms with Crippen LogP contribution in [-0.4, -0.2) is 42.9 Å². The van der Waals surface area contributed by atoms with Crippen LogP contribution < -0.4 is 10.2 Å². The highest BCUT2D eigenvalue weighted by Crippen LogP contribution is 2.30. The lowest BCUT2D eigenvalue weighted by molar-refractivity contribution is -0.131. The maximum Gasteiger partial charge on any atom is 0.255 e. The molecule has 1 fully saturated rings. The number of anilines is 2. The largest absolute Gasteiger partial charge is 0.367 e. The molecule has 0 radical (unpaired) electrons. The smallest absolute Gasteiger partial charge is 0.255 e. The summed E-state index contributed by atoms with van der Waals surface area (Å²) < 4.78 is 0. The van der Waals surface area contributed by atoms with Crippen molar-refractivity contribution in [3.8, 4) is 0 Å². The second kappa shape index (κ2) is 9.31. The van der Waals surface area contributed by atoms with Gasteiger partial charge in [0.05, 0.1) is 10.7 Å². The number of nitrogens with zero attached hydrogens (tertiary/aromatic N) is 2. The lowest BCUT2D eigenvalue weighted by atomic mass is 10.1. The molecule has 0 saturated carbocycles. The summed E-state index contributed by atoms with van der Waals surface area (Å²) in [6.07, 6.45) is 1.48. The molecule has 6 heteroatoms. The molecule has 0 aliphatic carbocycles. The Bertz CT molecular complexity index is 905. The number of carbonyl (C=O) groups excluding carboxylic acids is 2. The molecule has 1 aliphatic heterocycles. The number of rotatable bonds is 5. The normalized spacial score (nSPS) is 14.1. The van der Waals surface area contributed by atoms with Gasteiger partial charge in [0.1, 0.15) is 0 Å². The molecule has 29 heavy (non-hydrogen) atoms. The second-order valence-electron chi connectivity index (χ2n) is 7.56. The summed E-state index contributed by atoms with van der Waals surface area (Å²) in [6.45, 7) is 8.89. The minimum Gasteiger partial charge on any atom is -0.367 e. The van der Waals surface area contributed by atoms with Crippen molar-refractivity contribution in [1.82, 2.24) is 4.90 Å². The summed E-state index contributed by atoms with van der Waals surface area (Å²) >= 11 is 6.52. The number of hydrogen-bond donors (Lipinski definition) is 1. The lowest BCUT2D eigenvalue weighted by Gasteiger charge is -2.36. The van der Waals surface area contributed by atoms with E-state index in [1.807, 2.05) is 56.0 Å². The predicted molar refractivity (Wildman–Crippen MR) is 119 cm³/mol. The summed E-state index contributed by atoms with van der Waals surface area (Å²) in [5.74, 6) is 0.0806. The minimum absolute atomic E-state index is 0.144. The Morgan fingerprint density at radius 2 is 1.76 bits per heavy atom. The number of amides is 2. The Hall–Kier alpha value is -2.53. The number of benzene rings is 2. The van der Waals surface area contributed by atoms with Crippen LogP contribution in [0.5, 0.6) is 0 Å². The van der Waals surface area contributed by atoms with Crippen LogP contribution >= 0.6 is 11.6 Å². The van der Waals surface area contributed by atoms with E-state index in [9.17, 15) is 9.59 Å². The average molecular weight is 414 g/mol. The Kier molecular flexibility index (Phi) is 6.80. The third-order valence-electron chi connectivity index (χ3n) is 5.27. The number of piperazine rings is 1. The molecule has 1 N–H and O–H groups in total. The highest BCUT2D eigenvalue weighted by Gasteiger charge is 2.22. The van der Waals surface area contributed by atoms with Gasteiger partial charge < -0.3 is 15.1 Å². The van der Waals surface area contributed by atoms with E-state index in [4.69, 9.17) is 11.6 Å². The van der Waals surface area contributed by atoms with Crippen LogP contribution in [0.25, 0.3) is 0 Å². The van der Waals surface area contributed by atoms with Gasteiger partial charge in [0.2, 0.25) is 5.91 Å². The maximum absolute atomic E-state index is 12.6. The predicted octanol–water partition coefficient (Wildman–Crippen LogP) is 4.66. The van der Waals surface area contributed by atoms with Crippen LogP contribution in [0, 0.1) is 13.8 Å². The highest BCUT2D eigenvalue weighted by molar-refractivity contribution is 6.33. The number of nitrogens with one attached hydrogen (secondary N) is 1. The minimum atomic E-state index is -0.144. The third-order valence-corrected chi connectivity index (χ3v) is 5.57. The van der Waals surface area contributed by atoms with Gasteiger partial charge in [0.15, 0.2) is 0 Å². The highest BCUT2D eigenvalue weighted by atomic mass is 35.5. The molecule has 3 rings (SSSR count). The van der Waals surface area contributed by atoms with E-state index in [0.717, 1.165) is 36.3 Å². The maximum atomic E-state index is 12.6. The van der Waals surface area contributed by atoms with Crippen molar-refractivity contribution in [1.29, 1.82) is 0 Å². The van der Waals surface area contributed by atoms with Crippen molar-refractivity contribution in [2.45, 2.75) is 33.6 Å². The summed E-state index contributed by atoms with van der Waals surface area (Å²) in [5.41, 5.74) is 4.33. The number of halogens is 1. The quantitative estimate of drug-likeness (QED) is 0.775. The SMILES string of the molecule is CCCC(=O)N1CCN(c2ccc(NC(=O)c3ccc(C)cc3C)cc2Cl)CC1. The Balaban J connectivity index is 1.65. The fourth-order valence-corrected chi connectivity index (χ4v) is 3.98. The first-order chi connectivity index (χ1) is 13.9. The van der Waals surface area contributed by atoms with E-state index in [1.54, 1.807) is 6.07 Å². The molecule has 0 spiro atoms. The van der Waals surface area contributed by atoms with Crippen LogP contribution in [0.3, 0.4) is 0 Å². The molecule has 2 aromatic carbocycles. The van der Waals surface area contributed by atoms with Crippen LogP contribution in [-0.2, 0) is 4.79 Å². The molecule has 0 unspecified atom stereocenters. The molecular formula is C23H28ClN3O2. The Labute approximate surface area is 177 Å². The van der Waals surface area contributed by atoms with E-state index >= 15 is 0 Å². The van der Waals surface area contributed by atoms with Crippen molar-refractivity contribution in [3.63, 3.8) is 0 Å². The molecule has 2 aromatic rings. The van der Waals surface area contributed by atoms with E-state index in [2.05, 4.69) is 10.2 Å². The van der Waals surface area contributed by atoms with Gasteiger partial charge in [0, 0.05) is 43.9 Å². The molecule has 5 nitrogen and oxygen atoms in total. The Morgan fingerprint density at radius 1 is 1.03 bits per heavy atom. The molecule has 1 aliphatic rings. The second-order valence-corrected chi connectivity index (χ2v) is 7.96. The molecule has 0 atom stereocenters. The van der Waals surface area contributed by atoms with E-state index < -0.39 is 0 Å². The zero-order chi connectivity index (χ0) is 21.0. The van der Waals surface area contributed by atoms with Crippen molar-refractivity contribution >= 4 is 34.8 Å². The first kappa shape index (κ1) is 21.2. The monoisotopic (exact) mass is 413 g/mol. The van der Waals surface area contributed by atoms with Crippen LogP contribution in [0.15, 0.2) is 36.4 Å². The van der Waals surface area contributed by atoms with Crippen LogP contribution in [0.2, 0.25) is 5.02 Å². The van der Waals surface area contributed by atoms with Gasteiger partial charge in [-0.05, 0) is 50.1 Å². The topological polar surface area (TPSA) is 52.7 Å². The molecule has 1 saturated heterocycles. The van der Waals surface area contributed by atoms with E-state index in [-0.39, 0.29) is 11.8 Å². The molecular weight excluding hydrogens is 386 g/mol. The van der Waals surface area contributed by atoms with Gasteiger partial charge >= 0.3 is 0 Å². The summed E-state index contributed by atoms with van der Waals surface area (Å²) in [7, 11) is 0. The molecule has 154 valence electrons. The fraction of sp³-hybridized carbons (Fsp3) is 0.391. The lowest BCUT2D eigenvalue weighted by Crippen LogP contribution is -2.48. The van der Waals surface area contributed by atoms with E-state index in [1.165, 1.54) is 0 Å².